The molecule has 1 saturated heterocycles. The van der Waals surface area contributed by atoms with E-state index < -0.39 is 38.1 Å². The molecule has 3 aromatic rings. The van der Waals surface area contributed by atoms with E-state index in [1.807, 2.05) is 0 Å². The number of ether oxygens (including phenoxy) is 9. The number of alkyl carbamates (subject to hydrolysis) is 2. The van der Waals surface area contributed by atoms with Crippen LogP contribution in [-0.2, 0) is 51.5 Å². The van der Waals surface area contributed by atoms with E-state index in [2.05, 4.69) is 50.7 Å². The molecule has 0 saturated carbocycles. The zero-order valence-corrected chi connectivity index (χ0v) is 38.5. The van der Waals surface area contributed by atoms with Gasteiger partial charge in [0.25, 0.3) is 5.88 Å². The molecule has 4 rings (SSSR count). The number of amides is 2. The third-order valence-electron chi connectivity index (χ3n) is 8.88. The van der Waals surface area contributed by atoms with Crippen molar-refractivity contribution < 1.29 is 56.6 Å². The fourth-order valence-corrected chi connectivity index (χ4v) is 6.43. The second-order valence-corrected chi connectivity index (χ2v) is 22.2. The number of hydrogen-bond acceptors (Lipinski definition) is 17. The van der Waals surface area contributed by atoms with Gasteiger partial charge in [-0.1, -0.05) is 19.6 Å². The molecule has 23 heteroatoms. The number of aromatic nitrogens is 6. The first-order valence-electron chi connectivity index (χ1n) is 20.9. The smallest absolute Gasteiger partial charge is 0.408 e. The SMILES string of the molecule is COc1nn(CCOCCOCCOCCOCCOCCOCCNC(=O)OCC[Si](C)(C)C)cc1Nc1nc(N2C[C@@H](F)[C@H](NC(=O)OC(C)(C)C)C2)nc2c1ncn2C. The number of methoxy groups -OCH3 is 1. The highest BCUT2D eigenvalue weighted by atomic mass is 28.3. The Morgan fingerprint density at radius 3 is 2.02 bits per heavy atom. The van der Waals surface area contributed by atoms with Gasteiger partial charge in [0.05, 0.1) is 125 Å². The lowest BCUT2D eigenvalue weighted by atomic mass is 10.2. The monoisotopic (exact) mass is 898 g/mol. The molecule has 3 N–H and O–H groups in total. The Morgan fingerprint density at radius 2 is 1.44 bits per heavy atom. The van der Waals surface area contributed by atoms with E-state index in [4.69, 9.17) is 47.6 Å². The summed E-state index contributed by atoms with van der Waals surface area (Å²) in [6.07, 6.45) is 0.937. The molecule has 0 aliphatic carbocycles. The second kappa shape index (κ2) is 25.7. The van der Waals surface area contributed by atoms with Crippen molar-refractivity contribution in [2.24, 2.45) is 7.05 Å². The molecule has 1 fully saturated rings. The molecule has 0 bridgehead atoms. The van der Waals surface area contributed by atoms with E-state index in [0.29, 0.717) is 128 Å². The highest BCUT2D eigenvalue weighted by Crippen LogP contribution is 2.31. The number of carbonyl (C=O) groups is 2. The Bertz CT molecular complexity index is 1790. The van der Waals surface area contributed by atoms with E-state index in [1.54, 1.807) is 54.5 Å². The third kappa shape index (κ3) is 18.5. The summed E-state index contributed by atoms with van der Waals surface area (Å²) in [5, 5.41) is 13.1. The van der Waals surface area contributed by atoms with Crippen molar-refractivity contribution >= 4 is 48.9 Å². The highest BCUT2D eigenvalue weighted by molar-refractivity contribution is 6.76. The Morgan fingerprint density at radius 1 is 0.839 bits per heavy atom. The largest absolute Gasteiger partial charge is 0.478 e. The van der Waals surface area contributed by atoms with Gasteiger partial charge in [0, 0.05) is 28.2 Å². The quantitative estimate of drug-likeness (QED) is 0.0671. The van der Waals surface area contributed by atoms with E-state index in [-0.39, 0.29) is 19.0 Å². The predicted molar refractivity (Wildman–Crippen MR) is 231 cm³/mol. The minimum absolute atomic E-state index is 0.0166. The zero-order valence-electron chi connectivity index (χ0n) is 37.5. The molecule has 0 spiro atoms. The Kier molecular flexibility index (Phi) is 20.8. The van der Waals surface area contributed by atoms with E-state index in [9.17, 15) is 9.59 Å². The van der Waals surface area contributed by atoms with Crippen LogP contribution in [0.1, 0.15) is 20.8 Å². The third-order valence-corrected chi connectivity index (χ3v) is 10.6. The van der Waals surface area contributed by atoms with Crippen molar-refractivity contribution in [3.8, 4) is 5.88 Å². The van der Waals surface area contributed by atoms with Crippen LogP contribution in [0.25, 0.3) is 11.2 Å². The maximum atomic E-state index is 15.1. The van der Waals surface area contributed by atoms with Crippen molar-refractivity contribution in [3.63, 3.8) is 0 Å². The van der Waals surface area contributed by atoms with Crippen LogP contribution in [0.4, 0.5) is 31.4 Å². The van der Waals surface area contributed by atoms with Gasteiger partial charge in [0.2, 0.25) is 5.95 Å². The predicted octanol–water partition coefficient (Wildman–Crippen LogP) is 3.53. The van der Waals surface area contributed by atoms with Crippen molar-refractivity contribution in [3.05, 3.63) is 12.5 Å². The zero-order chi connectivity index (χ0) is 45.0. The van der Waals surface area contributed by atoms with Crippen molar-refractivity contribution in [2.45, 2.75) is 70.8 Å². The number of carbonyl (C=O) groups excluding carboxylic acids is 2. The first-order chi connectivity index (χ1) is 29.6. The normalized spacial score (nSPS) is 15.6. The van der Waals surface area contributed by atoms with Crippen molar-refractivity contribution in [2.75, 3.05) is 123 Å². The molecule has 350 valence electrons. The van der Waals surface area contributed by atoms with Gasteiger partial charge >= 0.3 is 12.2 Å². The number of imidazole rings is 1. The average Bonchev–Trinajstić information content (AvgIpc) is 3.89. The van der Waals surface area contributed by atoms with Gasteiger partial charge in [-0.25, -0.2) is 19.0 Å². The summed E-state index contributed by atoms with van der Waals surface area (Å²) < 4.78 is 67.9. The number of alkyl halides is 1. The molecule has 21 nitrogen and oxygen atoms in total. The fraction of sp³-hybridized carbons (Fsp3) is 0.744. The second-order valence-electron chi connectivity index (χ2n) is 16.6. The molecule has 3 aromatic heterocycles. The molecule has 62 heavy (non-hydrogen) atoms. The van der Waals surface area contributed by atoms with Gasteiger partial charge in [0.15, 0.2) is 17.0 Å². The number of nitrogens with one attached hydrogen (secondary N) is 3. The lowest BCUT2D eigenvalue weighted by molar-refractivity contribution is -0.0169. The average molecular weight is 899 g/mol. The van der Waals surface area contributed by atoms with E-state index >= 15 is 4.39 Å². The Balaban J connectivity index is 1.03. The highest BCUT2D eigenvalue weighted by Gasteiger charge is 2.37. The lowest BCUT2D eigenvalue weighted by Crippen LogP contribution is -2.44. The summed E-state index contributed by atoms with van der Waals surface area (Å²) in [7, 11) is 2.11. The number of halogens is 1. The minimum atomic E-state index is -1.36. The van der Waals surface area contributed by atoms with Gasteiger partial charge in [-0.3, -0.25) is 4.68 Å². The number of nitrogens with zero attached hydrogens (tertiary/aromatic N) is 7. The standard InChI is InChI=1S/C39H67FN10O11Si/c1-39(2,3)61-38(52)44-30-26-49(25-29(30)40)36-45-33(32-34(46-36)48(4)28-42-32)43-31-27-50(47-35(31)53-5)10-12-55-14-16-57-18-20-59-22-21-58-19-17-56-15-13-54-11-9-41-37(51)60-23-24-62(6,7)8/h27-30H,9-26H2,1-8H3,(H,41,51)(H,44,52)(H,43,45,46)/t29-,30-/m1/s1. The van der Waals surface area contributed by atoms with Crippen LogP contribution in [-0.4, -0.2) is 180 Å². The molecule has 1 aliphatic heterocycles. The van der Waals surface area contributed by atoms with Gasteiger partial charge in [-0.15, -0.1) is 5.10 Å². The summed E-state index contributed by atoms with van der Waals surface area (Å²) in [6.45, 7) is 18.5. The first-order valence-corrected chi connectivity index (χ1v) is 24.7. The maximum absolute atomic E-state index is 15.1. The minimum Gasteiger partial charge on any atom is -0.478 e. The summed E-state index contributed by atoms with van der Waals surface area (Å²) in [5.74, 6) is 0.986. The first kappa shape index (κ1) is 50.3. The summed E-state index contributed by atoms with van der Waals surface area (Å²) >= 11 is 0. The summed E-state index contributed by atoms with van der Waals surface area (Å²) in [6, 6.07) is 0.142. The topological polar surface area (TPSA) is 218 Å². The van der Waals surface area contributed by atoms with Gasteiger partial charge in [0.1, 0.15) is 17.5 Å². The number of fused-ring (bicyclic) bond motifs is 1. The molecular weight excluding hydrogens is 832 g/mol. The van der Waals surface area contributed by atoms with E-state index in [0.717, 1.165) is 6.04 Å². The van der Waals surface area contributed by atoms with Crippen LogP contribution in [0.2, 0.25) is 25.7 Å². The molecular formula is C39H67FN10O11Si. The lowest BCUT2D eigenvalue weighted by Gasteiger charge is -2.22. The molecule has 0 radical (unpaired) electrons. The molecule has 4 heterocycles. The fourth-order valence-electron chi connectivity index (χ4n) is 5.71. The van der Waals surface area contributed by atoms with Crippen molar-refractivity contribution in [1.82, 2.24) is 39.9 Å². The van der Waals surface area contributed by atoms with Gasteiger partial charge in [-0.2, -0.15) is 9.97 Å². The Labute approximate surface area is 363 Å². The molecule has 2 atom stereocenters. The van der Waals surface area contributed by atoms with Crippen LogP contribution in [0.5, 0.6) is 5.88 Å². The molecule has 2 amide bonds. The maximum Gasteiger partial charge on any atom is 0.408 e. The molecule has 1 aliphatic rings. The molecule has 0 aromatic carbocycles. The summed E-state index contributed by atoms with van der Waals surface area (Å²) in [5.41, 5.74) is 0.866. The number of aryl methyl sites for hydroxylation is 1. The van der Waals surface area contributed by atoms with Gasteiger partial charge in [-0.05, 0) is 26.8 Å². The van der Waals surface area contributed by atoms with Crippen molar-refractivity contribution in [1.29, 1.82) is 0 Å². The van der Waals surface area contributed by atoms with Crippen LogP contribution < -0.4 is 25.6 Å². The van der Waals surface area contributed by atoms with Crippen LogP contribution in [0, 0.1) is 0 Å². The van der Waals surface area contributed by atoms with Gasteiger partial charge < -0.3 is 68.0 Å². The van der Waals surface area contributed by atoms with Crippen LogP contribution in [0.15, 0.2) is 12.5 Å². The van der Waals surface area contributed by atoms with Crippen LogP contribution >= 0.6 is 0 Å². The number of anilines is 3. The molecule has 0 unspecified atom stereocenters. The summed E-state index contributed by atoms with van der Waals surface area (Å²) in [4.78, 5) is 39.5. The van der Waals surface area contributed by atoms with E-state index in [1.165, 1.54) is 7.11 Å². The number of hydrogen-bond donors (Lipinski definition) is 3. The number of rotatable bonds is 29. The van der Waals surface area contributed by atoms with Crippen LogP contribution in [0.3, 0.4) is 0 Å². The Hall–Kier alpha value is -4.39.